The lowest BCUT2D eigenvalue weighted by Gasteiger charge is -2.02. The highest BCUT2D eigenvalue weighted by Crippen LogP contribution is 2.14. The molecule has 1 aromatic rings. The van der Waals surface area contributed by atoms with Gasteiger partial charge in [-0.1, -0.05) is 0 Å². The molecule has 1 aromatic heterocycles. The Bertz CT molecular complexity index is 303. The van der Waals surface area contributed by atoms with E-state index >= 15 is 0 Å². The molecule has 0 unspecified atom stereocenters. The SMILES string of the molecule is CCOc1cncc(N[N+](=O)[O-])c1. The normalized spacial score (nSPS) is 9.31. The van der Waals surface area contributed by atoms with Gasteiger partial charge in [0.05, 0.1) is 19.0 Å². The van der Waals surface area contributed by atoms with Gasteiger partial charge in [0.1, 0.15) is 11.4 Å². The highest BCUT2D eigenvalue weighted by molar-refractivity contribution is 5.42. The van der Waals surface area contributed by atoms with E-state index in [0.717, 1.165) is 0 Å². The molecule has 1 rings (SSSR count). The Kier molecular flexibility index (Phi) is 3.02. The molecular weight excluding hydrogens is 174 g/mol. The lowest BCUT2D eigenvalue weighted by molar-refractivity contribution is -0.445. The van der Waals surface area contributed by atoms with Gasteiger partial charge >= 0.3 is 0 Å². The van der Waals surface area contributed by atoms with Crippen LogP contribution in [0.25, 0.3) is 0 Å². The van der Waals surface area contributed by atoms with E-state index in [4.69, 9.17) is 4.74 Å². The third-order valence-electron chi connectivity index (χ3n) is 1.24. The van der Waals surface area contributed by atoms with Crippen LogP contribution in [0.15, 0.2) is 18.5 Å². The minimum absolute atomic E-state index is 0.302. The standard InChI is InChI=1S/C7H9N3O3/c1-2-13-7-3-6(4-8-5-7)9-10(11)12/h3-5,9H,2H2,1H3. The molecule has 0 saturated carbocycles. The predicted octanol–water partition coefficient (Wildman–Crippen LogP) is 1.08. The number of pyridine rings is 1. The Hall–Kier alpha value is -1.85. The smallest absolute Gasteiger partial charge is 0.162 e. The molecule has 6 nitrogen and oxygen atoms in total. The van der Waals surface area contributed by atoms with E-state index in [1.54, 1.807) is 0 Å². The molecule has 1 heterocycles. The number of hydrazine groups is 1. The zero-order valence-corrected chi connectivity index (χ0v) is 7.06. The minimum atomic E-state index is -0.646. The van der Waals surface area contributed by atoms with Crippen molar-refractivity contribution in [2.24, 2.45) is 0 Å². The fraction of sp³-hybridized carbons (Fsp3) is 0.286. The monoisotopic (exact) mass is 183 g/mol. The van der Waals surface area contributed by atoms with Gasteiger partial charge in [-0.05, 0) is 6.92 Å². The Balaban J connectivity index is 2.73. The van der Waals surface area contributed by atoms with Crippen molar-refractivity contribution in [2.75, 3.05) is 12.0 Å². The second-order valence-electron chi connectivity index (χ2n) is 2.21. The van der Waals surface area contributed by atoms with E-state index in [2.05, 4.69) is 4.98 Å². The fourth-order valence-electron chi connectivity index (χ4n) is 0.831. The third kappa shape index (κ3) is 2.94. The molecule has 0 saturated heterocycles. The summed E-state index contributed by atoms with van der Waals surface area (Å²) in [6.45, 7) is 2.33. The molecule has 0 aliphatic carbocycles. The van der Waals surface area contributed by atoms with E-state index in [1.807, 2.05) is 12.3 Å². The van der Waals surface area contributed by atoms with Crippen LogP contribution in [0.5, 0.6) is 5.75 Å². The number of anilines is 1. The van der Waals surface area contributed by atoms with Crippen LogP contribution in [0.1, 0.15) is 6.92 Å². The first-order chi connectivity index (χ1) is 6.22. The van der Waals surface area contributed by atoms with E-state index in [1.165, 1.54) is 18.5 Å². The molecule has 0 fully saturated rings. The van der Waals surface area contributed by atoms with Gasteiger partial charge in [-0.3, -0.25) is 4.98 Å². The molecule has 13 heavy (non-hydrogen) atoms. The van der Waals surface area contributed by atoms with Crippen molar-refractivity contribution in [1.82, 2.24) is 4.98 Å². The summed E-state index contributed by atoms with van der Waals surface area (Å²) in [5.41, 5.74) is 2.29. The van der Waals surface area contributed by atoms with Gasteiger partial charge in [-0.25, -0.2) is 10.1 Å². The number of rotatable bonds is 4. The molecular formula is C7H9N3O3. The molecule has 0 atom stereocenters. The molecule has 70 valence electrons. The van der Waals surface area contributed by atoms with Crippen LogP contribution in [-0.2, 0) is 0 Å². The van der Waals surface area contributed by atoms with Crippen molar-refractivity contribution >= 4 is 5.69 Å². The van der Waals surface area contributed by atoms with Crippen LogP contribution in [0, 0.1) is 10.1 Å². The van der Waals surface area contributed by atoms with E-state index in [-0.39, 0.29) is 0 Å². The first-order valence-corrected chi connectivity index (χ1v) is 3.71. The zero-order chi connectivity index (χ0) is 9.68. The maximum atomic E-state index is 10.1. The zero-order valence-electron chi connectivity index (χ0n) is 7.06. The van der Waals surface area contributed by atoms with Gasteiger partial charge in [-0.15, -0.1) is 5.43 Å². The topological polar surface area (TPSA) is 77.3 Å². The maximum Gasteiger partial charge on any atom is 0.162 e. The number of nitro groups is 1. The molecule has 0 radical (unpaired) electrons. The quantitative estimate of drug-likeness (QED) is 0.558. The summed E-state index contributed by atoms with van der Waals surface area (Å²) in [6.07, 6.45) is 2.85. The summed E-state index contributed by atoms with van der Waals surface area (Å²) in [5.74, 6) is 0.509. The number of nitrogens with one attached hydrogen (secondary N) is 1. The molecule has 0 amide bonds. The van der Waals surface area contributed by atoms with Gasteiger partial charge in [0.15, 0.2) is 5.03 Å². The Morgan fingerprint density at radius 2 is 2.46 bits per heavy atom. The third-order valence-corrected chi connectivity index (χ3v) is 1.24. The molecule has 0 aliphatic heterocycles. The molecule has 6 heteroatoms. The summed E-state index contributed by atoms with van der Waals surface area (Å²) in [7, 11) is 0. The first kappa shape index (κ1) is 9.24. The van der Waals surface area contributed by atoms with Gasteiger partial charge in [0.25, 0.3) is 0 Å². The average molecular weight is 183 g/mol. The van der Waals surface area contributed by atoms with E-state index < -0.39 is 5.03 Å². The van der Waals surface area contributed by atoms with Gasteiger partial charge in [-0.2, -0.15) is 0 Å². The number of hydrogen-bond acceptors (Lipinski definition) is 4. The highest BCUT2D eigenvalue weighted by Gasteiger charge is 2.00. The van der Waals surface area contributed by atoms with E-state index in [9.17, 15) is 10.1 Å². The number of hydrogen-bond donors (Lipinski definition) is 1. The lowest BCUT2D eigenvalue weighted by atomic mass is 10.4. The van der Waals surface area contributed by atoms with Crippen molar-refractivity contribution in [1.29, 1.82) is 0 Å². The van der Waals surface area contributed by atoms with Crippen LogP contribution in [-0.4, -0.2) is 16.6 Å². The molecule has 0 spiro atoms. The molecule has 0 bridgehead atoms. The summed E-state index contributed by atoms with van der Waals surface area (Å²) >= 11 is 0. The minimum Gasteiger partial charge on any atom is -0.492 e. The van der Waals surface area contributed by atoms with Crippen molar-refractivity contribution in [3.63, 3.8) is 0 Å². The van der Waals surface area contributed by atoms with Crippen LogP contribution < -0.4 is 10.2 Å². The summed E-state index contributed by atoms with van der Waals surface area (Å²) in [4.78, 5) is 13.8. The number of aromatic nitrogens is 1. The average Bonchev–Trinajstić information content (AvgIpc) is 2.04. The van der Waals surface area contributed by atoms with Crippen LogP contribution >= 0.6 is 0 Å². The van der Waals surface area contributed by atoms with Gasteiger partial charge in [0, 0.05) is 6.07 Å². The molecule has 0 aromatic carbocycles. The fourth-order valence-corrected chi connectivity index (χ4v) is 0.831. The largest absolute Gasteiger partial charge is 0.492 e. The second kappa shape index (κ2) is 4.24. The Morgan fingerprint density at radius 3 is 3.08 bits per heavy atom. The number of ether oxygens (including phenoxy) is 1. The lowest BCUT2D eigenvalue weighted by Crippen LogP contribution is -2.08. The summed E-state index contributed by atoms with van der Waals surface area (Å²) in [5, 5.41) is 9.42. The van der Waals surface area contributed by atoms with Crippen molar-refractivity contribution < 1.29 is 9.77 Å². The number of nitrogens with zero attached hydrogens (tertiary/aromatic N) is 2. The second-order valence-corrected chi connectivity index (χ2v) is 2.21. The molecule has 1 N–H and O–H groups in total. The van der Waals surface area contributed by atoms with E-state index in [0.29, 0.717) is 18.0 Å². The summed E-state index contributed by atoms with van der Waals surface area (Å²) in [6, 6.07) is 1.51. The van der Waals surface area contributed by atoms with Gasteiger partial charge < -0.3 is 4.74 Å². The van der Waals surface area contributed by atoms with Crippen molar-refractivity contribution in [3.8, 4) is 5.75 Å². The van der Waals surface area contributed by atoms with Crippen molar-refractivity contribution in [3.05, 3.63) is 28.6 Å². The molecule has 0 aliphatic rings. The predicted molar refractivity (Wildman–Crippen MR) is 46.0 cm³/mol. The maximum absolute atomic E-state index is 10.1. The van der Waals surface area contributed by atoms with Crippen LogP contribution in [0.3, 0.4) is 0 Å². The van der Waals surface area contributed by atoms with Crippen LogP contribution in [0.4, 0.5) is 5.69 Å². The summed E-state index contributed by atoms with van der Waals surface area (Å²) < 4.78 is 5.10. The highest BCUT2D eigenvalue weighted by atomic mass is 16.7. The van der Waals surface area contributed by atoms with Gasteiger partial charge in [0.2, 0.25) is 0 Å². The first-order valence-electron chi connectivity index (χ1n) is 3.71. The Labute approximate surface area is 74.7 Å². The van der Waals surface area contributed by atoms with Crippen molar-refractivity contribution in [2.45, 2.75) is 6.92 Å². The van der Waals surface area contributed by atoms with Crippen LogP contribution in [0.2, 0.25) is 0 Å². The Morgan fingerprint density at radius 1 is 1.69 bits per heavy atom.